The highest BCUT2D eigenvalue weighted by atomic mass is 16.4. The van der Waals surface area contributed by atoms with E-state index in [9.17, 15) is 4.79 Å². The fourth-order valence-electron chi connectivity index (χ4n) is 1.73. The van der Waals surface area contributed by atoms with Gasteiger partial charge >= 0.3 is 5.97 Å². The van der Waals surface area contributed by atoms with Gasteiger partial charge in [0.1, 0.15) is 0 Å². The van der Waals surface area contributed by atoms with E-state index in [4.69, 9.17) is 10.4 Å². The Kier molecular flexibility index (Phi) is 1.97. The average Bonchev–Trinajstić information content (AvgIpc) is 2.97. The van der Waals surface area contributed by atoms with Crippen LogP contribution in [0.25, 0.3) is 0 Å². The minimum absolute atomic E-state index is 0.0448. The molecule has 0 aliphatic heterocycles. The predicted molar refractivity (Wildman–Crippen MR) is 49.6 cm³/mol. The molecule has 1 N–H and O–H groups in total. The first kappa shape index (κ1) is 8.76. The van der Waals surface area contributed by atoms with Crippen molar-refractivity contribution in [2.45, 2.75) is 12.3 Å². The zero-order valence-corrected chi connectivity index (χ0v) is 7.47. The lowest BCUT2D eigenvalue weighted by molar-refractivity contribution is -0.138. The van der Waals surface area contributed by atoms with Gasteiger partial charge in [-0.05, 0) is 24.0 Å². The van der Waals surface area contributed by atoms with E-state index < -0.39 is 5.97 Å². The molecular weight excluding hydrogens is 178 g/mol. The summed E-state index contributed by atoms with van der Waals surface area (Å²) in [5.41, 5.74) is 1.48. The molecule has 3 heteroatoms. The number of carboxylic acids is 1. The highest BCUT2D eigenvalue weighted by Gasteiger charge is 2.45. The van der Waals surface area contributed by atoms with Crippen molar-refractivity contribution in [2.24, 2.45) is 5.92 Å². The second kappa shape index (κ2) is 3.15. The number of benzene rings is 1. The molecule has 3 nitrogen and oxygen atoms in total. The van der Waals surface area contributed by atoms with Gasteiger partial charge in [0.15, 0.2) is 0 Å². The highest BCUT2D eigenvalue weighted by molar-refractivity contribution is 5.75. The number of nitriles is 1. The molecule has 1 aromatic carbocycles. The third kappa shape index (κ3) is 1.35. The van der Waals surface area contributed by atoms with Crippen LogP contribution >= 0.6 is 0 Å². The molecule has 0 spiro atoms. The van der Waals surface area contributed by atoms with Crippen LogP contribution in [0.5, 0.6) is 0 Å². The summed E-state index contributed by atoms with van der Waals surface area (Å²) < 4.78 is 0. The number of aliphatic carboxylic acids is 1. The first-order valence-corrected chi connectivity index (χ1v) is 4.46. The number of carbonyl (C=O) groups is 1. The van der Waals surface area contributed by atoms with Crippen molar-refractivity contribution < 1.29 is 9.90 Å². The molecule has 0 amide bonds. The van der Waals surface area contributed by atoms with Gasteiger partial charge in [0.25, 0.3) is 0 Å². The molecule has 0 saturated heterocycles. The van der Waals surface area contributed by atoms with E-state index in [0.717, 1.165) is 5.56 Å². The van der Waals surface area contributed by atoms with Crippen molar-refractivity contribution in [3.05, 3.63) is 35.4 Å². The molecule has 1 aliphatic carbocycles. The lowest BCUT2D eigenvalue weighted by Gasteiger charge is -2.00. The molecule has 0 unspecified atom stereocenters. The van der Waals surface area contributed by atoms with E-state index in [-0.39, 0.29) is 11.8 Å². The normalized spacial score (nSPS) is 23.9. The van der Waals surface area contributed by atoms with Gasteiger partial charge in [-0.2, -0.15) is 5.26 Å². The molecule has 2 atom stereocenters. The van der Waals surface area contributed by atoms with E-state index in [1.165, 1.54) is 0 Å². The molecule has 14 heavy (non-hydrogen) atoms. The van der Waals surface area contributed by atoms with Gasteiger partial charge in [-0.3, -0.25) is 4.79 Å². The number of hydrogen-bond donors (Lipinski definition) is 1. The maximum absolute atomic E-state index is 10.7. The Balaban J connectivity index is 2.27. The summed E-state index contributed by atoms with van der Waals surface area (Å²) in [7, 11) is 0. The molecule has 1 aliphatic rings. The van der Waals surface area contributed by atoms with Crippen LogP contribution in [0.4, 0.5) is 0 Å². The fourth-order valence-corrected chi connectivity index (χ4v) is 1.73. The maximum atomic E-state index is 10.7. The molecule has 0 radical (unpaired) electrons. The summed E-state index contributed by atoms with van der Waals surface area (Å²) in [5, 5.41) is 17.6. The van der Waals surface area contributed by atoms with Crippen molar-refractivity contribution in [2.75, 3.05) is 0 Å². The topological polar surface area (TPSA) is 61.1 Å². The third-order valence-corrected chi connectivity index (χ3v) is 2.59. The summed E-state index contributed by atoms with van der Waals surface area (Å²) >= 11 is 0. The van der Waals surface area contributed by atoms with E-state index in [0.29, 0.717) is 12.0 Å². The molecule has 1 fully saturated rings. The Bertz CT molecular complexity index is 420. The van der Waals surface area contributed by atoms with Crippen LogP contribution < -0.4 is 0 Å². The third-order valence-electron chi connectivity index (χ3n) is 2.59. The molecule has 2 rings (SSSR count). The van der Waals surface area contributed by atoms with E-state index in [1.54, 1.807) is 12.1 Å². The van der Waals surface area contributed by atoms with Crippen LogP contribution in [0.15, 0.2) is 24.3 Å². The van der Waals surface area contributed by atoms with Gasteiger partial charge in [0, 0.05) is 0 Å². The van der Waals surface area contributed by atoms with Crippen molar-refractivity contribution in [1.29, 1.82) is 5.26 Å². The summed E-state index contributed by atoms with van der Waals surface area (Å²) in [5.74, 6) is -1.00. The molecule has 1 saturated carbocycles. The van der Waals surface area contributed by atoms with Gasteiger partial charge < -0.3 is 5.11 Å². The molecule has 1 aromatic rings. The van der Waals surface area contributed by atoms with Crippen LogP contribution in [-0.4, -0.2) is 11.1 Å². The SMILES string of the molecule is N#Cc1ccccc1[C@@H]1C[C@H]1C(=O)O. The molecule has 0 aromatic heterocycles. The lowest BCUT2D eigenvalue weighted by atomic mass is 10.0. The van der Waals surface area contributed by atoms with Crippen molar-refractivity contribution >= 4 is 5.97 Å². The minimum Gasteiger partial charge on any atom is -0.481 e. The van der Waals surface area contributed by atoms with Gasteiger partial charge in [-0.25, -0.2) is 0 Å². The Morgan fingerprint density at radius 3 is 2.79 bits per heavy atom. The Morgan fingerprint density at radius 2 is 2.21 bits per heavy atom. The zero-order chi connectivity index (χ0) is 10.1. The summed E-state index contributed by atoms with van der Waals surface area (Å²) in [6, 6.07) is 9.28. The van der Waals surface area contributed by atoms with Crippen LogP contribution in [0.2, 0.25) is 0 Å². The van der Waals surface area contributed by atoms with Crippen LogP contribution in [0.1, 0.15) is 23.5 Å². The Labute approximate surface area is 81.6 Å². The van der Waals surface area contributed by atoms with Crippen molar-refractivity contribution in [3.8, 4) is 6.07 Å². The van der Waals surface area contributed by atoms with E-state index >= 15 is 0 Å². The number of nitrogens with zero attached hydrogens (tertiary/aromatic N) is 1. The van der Waals surface area contributed by atoms with Crippen molar-refractivity contribution in [1.82, 2.24) is 0 Å². The van der Waals surface area contributed by atoms with Crippen LogP contribution in [-0.2, 0) is 4.79 Å². The second-order valence-corrected chi connectivity index (χ2v) is 3.49. The van der Waals surface area contributed by atoms with E-state index in [1.807, 2.05) is 12.1 Å². The van der Waals surface area contributed by atoms with E-state index in [2.05, 4.69) is 6.07 Å². The van der Waals surface area contributed by atoms with Gasteiger partial charge in [-0.1, -0.05) is 18.2 Å². The summed E-state index contributed by atoms with van der Waals surface area (Å²) in [6.45, 7) is 0. The molecule has 0 bridgehead atoms. The quantitative estimate of drug-likeness (QED) is 0.767. The smallest absolute Gasteiger partial charge is 0.307 e. The maximum Gasteiger partial charge on any atom is 0.307 e. The molecule has 70 valence electrons. The second-order valence-electron chi connectivity index (χ2n) is 3.49. The molecule has 0 heterocycles. The highest BCUT2D eigenvalue weighted by Crippen LogP contribution is 2.48. The Morgan fingerprint density at radius 1 is 1.50 bits per heavy atom. The Hall–Kier alpha value is -1.82. The monoisotopic (exact) mass is 187 g/mol. The minimum atomic E-state index is -0.761. The van der Waals surface area contributed by atoms with Crippen LogP contribution in [0.3, 0.4) is 0 Å². The van der Waals surface area contributed by atoms with Gasteiger partial charge in [-0.15, -0.1) is 0 Å². The van der Waals surface area contributed by atoms with Gasteiger partial charge in [0.2, 0.25) is 0 Å². The summed E-state index contributed by atoms with van der Waals surface area (Å²) in [4.78, 5) is 10.7. The predicted octanol–water partition coefficient (Wildman–Crippen LogP) is 1.75. The first-order valence-electron chi connectivity index (χ1n) is 4.46. The van der Waals surface area contributed by atoms with Crippen molar-refractivity contribution in [3.63, 3.8) is 0 Å². The zero-order valence-electron chi connectivity index (χ0n) is 7.47. The fraction of sp³-hybridized carbons (Fsp3) is 0.273. The number of carboxylic acid groups (broad SMARTS) is 1. The lowest BCUT2D eigenvalue weighted by Crippen LogP contribution is -1.99. The summed E-state index contributed by atoms with van der Waals surface area (Å²) in [6.07, 6.45) is 0.661. The number of rotatable bonds is 2. The van der Waals surface area contributed by atoms with Gasteiger partial charge in [0.05, 0.1) is 17.6 Å². The molecular formula is C11H9NO2. The largest absolute Gasteiger partial charge is 0.481 e. The van der Waals surface area contributed by atoms with Crippen LogP contribution in [0, 0.1) is 17.2 Å². The first-order chi connectivity index (χ1) is 6.74. The number of hydrogen-bond acceptors (Lipinski definition) is 2. The average molecular weight is 187 g/mol. The standard InChI is InChI=1S/C11H9NO2/c12-6-7-3-1-2-4-8(7)9-5-10(9)11(13)14/h1-4,9-10H,5H2,(H,13,14)/t9-,10+/m0/s1.